The van der Waals surface area contributed by atoms with Crippen LogP contribution in [0.25, 0.3) is 31.3 Å². The summed E-state index contributed by atoms with van der Waals surface area (Å²) in [6, 6.07) is 21.4. The highest BCUT2D eigenvalue weighted by Crippen LogP contribution is 2.41. The molecule has 1 aliphatic rings. The van der Waals surface area contributed by atoms with Gasteiger partial charge in [-0.05, 0) is 61.3 Å². The first-order valence-corrected chi connectivity index (χ1v) is 20.7. The Morgan fingerprint density at radius 2 is 1.26 bits per heavy atom. The van der Waals surface area contributed by atoms with Gasteiger partial charge in [-0.25, -0.2) is 8.42 Å². The van der Waals surface area contributed by atoms with E-state index in [1.807, 2.05) is 38.1 Å². The number of aromatic nitrogens is 2. The summed E-state index contributed by atoms with van der Waals surface area (Å²) < 4.78 is 28.2. The average molecular weight is 701 g/mol. The summed E-state index contributed by atoms with van der Waals surface area (Å²) in [5, 5.41) is 30.3. The number of nitro groups is 2. The number of thiazole rings is 2. The van der Waals surface area contributed by atoms with Gasteiger partial charge < -0.3 is 0 Å². The second kappa shape index (κ2) is 11.7. The lowest BCUT2D eigenvalue weighted by atomic mass is 10.0. The molecule has 1 aliphatic heterocycles. The van der Waals surface area contributed by atoms with E-state index in [9.17, 15) is 28.6 Å². The Kier molecular flexibility index (Phi) is 7.78. The van der Waals surface area contributed by atoms with Crippen molar-refractivity contribution in [1.82, 2.24) is 9.97 Å². The number of aryl methyl sites for hydroxylation is 3. The lowest BCUT2D eigenvalue weighted by molar-refractivity contribution is -0.386. The van der Waals surface area contributed by atoms with Gasteiger partial charge in [0.25, 0.3) is 11.4 Å². The zero-order valence-corrected chi connectivity index (χ0v) is 28.9. The number of hydrogen-bond acceptors (Lipinski definition) is 10. The van der Waals surface area contributed by atoms with Crippen molar-refractivity contribution in [3.05, 3.63) is 109 Å². The number of fused-ring (bicyclic) bond motifs is 5. The molecule has 0 fully saturated rings. The van der Waals surface area contributed by atoms with Crippen LogP contribution in [-0.4, -0.2) is 42.1 Å². The second-order valence-electron chi connectivity index (χ2n) is 11.8. The van der Waals surface area contributed by atoms with Gasteiger partial charge in [0.05, 0.1) is 56.8 Å². The van der Waals surface area contributed by atoms with Crippen LogP contribution in [-0.2, 0) is 16.3 Å². The predicted molar refractivity (Wildman–Crippen MR) is 189 cm³/mol. The molecule has 0 saturated carbocycles. The summed E-state index contributed by atoms with van der Waals surface area (Å²) in [6.07, 6.45) is 0.989. The molecule has 0 aliphatic carbocycles. The van der Waals surface area contributed by atoms with Crippen molar-refractivity contribution in [2.45, 2.75) is 43.7 Å². The molecule has 0 atom stereocenters. The van der Waals surface area contributed by atoms with Crippen LogP contribution in [0.15, 0.2) is 77.7 Å². The number of nitro benzene ring substituents is 2. The zero-order valence-electron chi connectivity index (χ0n) is 25.4. The molecule has 47 heavy (non-hydrogen) atoms. The number of sulfone groups is 1. The Labute approximate surface area is 279 Å². The minimum absolute atomic E-state index is 0.0896. The highest BCUT2D eigenvalue weighted by Gasteiger charge is 2.51. The normalized spacial score (nSPS) is 13.6. The highest BCUT2D eigenvalue weighted by molar-refractivity contribution is 7.91. The van der Waals surface area contributed by atoms with Crippen LogP contribution in [0.2, 0.25) is 12.1 Å². The molecule has 0 N–H and O–H groups in total. The second-order valence-corrected chi connectivity index (χ2v) is 20.4. The van der Waals surface area contributed by atoms with E-state index in [4.69, 9.17) is 9.97 Å². The molecule has 14 heteroatoms. The van der Waals surface area contributed by atoms with Gasteiger partial charge in [0.2, 0.25) is 0 Å². The van der Waals surface area contributed by atoms with Gasteiger partial charge in [-0.1, -0.05) is 61.0 Å². The Morgan fingerprint density at radius 3 is 1.83 bits per heavy atom. The largest absolute Gasteiger partial charge is 0.295 e. The molecule has 7 rings (SSSR count). The average Bonchev–Trinajstić information content (AvgIpc) is 3.69. The molecule has 6 aromatic rings. The molecule has 2 aromatic heterocycles. The standard InChI is InChI=1S/C33H28N4O6S3Si/c1-20-34-32-30(44-20)31-33(35-21(2)45-31)47(32,18-7-10-24-14-13-22-8-3-5-11-25(22)28(24)36(38)39)19-17-46(42,43)27-16-15-23-9-4-6-12-26(23)29(27)37(40)41/h3-6,8-9,11-16H,7,10,17-19H2,1-2H3. The van der Waals surface area contributed by atoms with Crippen molar-refractivity contribution in [2.75, 3.05) is 5.75 Å². The summed E-state index contributed by atoms with van der Waals surface area (Å²) in [7, 11) is -7.05. The van der Waals surface area contributed by atoms with Crippen LogP contribution in [0.1, 0.15) is 22.0 Å². The molecule has 0 unspecified atom stereocenters. The fourth-order valence-corrected chi connectivity index (χ4v) is 18.0. The van der Waals surface area contributed by atoms with E-state index in [1.165, 1.54) is 6.07 Å². The first kappa shape index (κ1) is 31.2. The van der Waals surface area contributed by atoms with Crippen LogP contribution in [0.5, 0.6) is 0 Å². The third-order valence-corrected chi connectivity index (χ3v) is 18.4. The van der Waals surface area contributed by atoms with Gasteiger partial charge in [0, 0.05) is 5.56 Å². The van der Waals surface area contributed by atoms with Crippen molar-refractivity contribution in [2.24, 2.45) is 0 Å². The fraction of sp³-hybridized carbons (Fsp3) is 0.212. The van der Waals surface area contributed by atoms with E-state index in [-0.39, 0.29) is 32.7 Å². The molecule has 238 valence electrons. The zero-order chi connectivity index (χ0) is 33.1. The number of nitrogens with zero attached hydrogens (tertiary/aromatic N) is 4. The first-order valence-electron chi connectivity index (χ1n) is 15.0. The summed E-state index contributed by atoms with van der Waals surface area (Å²) in [6.45, 7) is 3.87. The Morgan fingerprint density at radius 1 is 0.723 bits per heavy atom. The monoisotopic (exact) mass is 700 g/mol. The molecule has 3 heterocycles. The minimum Gasteiger partial charge on any atom is -0.258 e. The fourth-order valence-electron chi connectivity index (χ4n) is 6.91. The Balaban J connectivity index is 1.28. The van der Waals surface area contributed by atoms with Crippen molar-refractivity contribution < 1.29 is 18.3 Å². The smallest absolute Gasteiger partial charge is 0.258 e. The lowest BCUT2D eigenvalue weighted by Gasteiger charge is -2.26. The van der Waals surface area contributed by atoms with E-state index in [0.29, 0.717) is 35.2 Å². The van der Waals surface area contributed by atoms with Crippen LogP contribution >= 0.6 is 22.7 Å². The third-order valence-electron chi connectivity index (χ3n) is 8.98. The minimum atomic E-state index is -4.11. The van der Waals surface area contributed by atoms with E-state index in [0.717, 1.165) is 35.8 Å². The van der Waals surface area contributed by atoms with E-state index in [2.05, 4.69) is 0 Å². The number of benzene rings is 4. The van der Waals surface area contributed by atoms with Crippen molar-refractivity contribution in [1.29, 1.82) is 0 Å². The van der Waals surface area contributed by atoms with E-state index < -0.39 is 28.5 Å². The number of rotatable bonds is 10. The molecular weight excluding hydrogens is 673 g/mol. The van der Waals surface area contributed by atoms with Crippen LogP contribution in [0.4, 0.5) is 11.4 Å². The molecular formula is C33H28N4O6S3Si. The summed E-state index contributed by atoms with van der Waals surface area (Å²) in [5.41, 5.74) is 0.302. The maximum atomic E-state index is 14.1. The third kappa shape index (κ3) is 5.25. The highest BCUT2D eigenvalue weighted by atomic mass is 32.2. The lowest BCUT2D eigenvalue weighted by Crippen LogP contribution is -2.57. The van der Waals surface area contributed by atoms with E-state index >= 15 is 0 Å². The number of hydrogen-bond donors (Lipinski definition) is 0. The predicted octanol–water partition coefficient (Wildman–Crippen LogP) is 6.99. The van der Waals surface area contributed by atoms with Crippen LogP contribution in [0.3, 0.4) is 0 Å². The van der Waals surface area contributed by atoms with Gasteiger partial charge >= 0.3 is 0 Å². The van der Waals surface area contributed by atoms with Crippen molar-refractivity contribution in [3.8, 4) is 9.75 Å². The molecule has 4 aromatic carbocycles. The van der Waals surface area contributed by atoms with E-state index in [1.54, 1.807) is 65.1 Å². The van der Waals surface area contributed by atoms with Gasteiger partial charge in [0.15, 0.2) is 17.9 Å². The quantitative estimate of drug-likeness (QED) is 0.0844. The first-order chi connectivity index (χ1) is 22.5. The SMILES string of the molecule is Cc1nc2c(s1)-c1sc(C)nc1[Si]2(CCCc1ccc2ccccc2c1[N+](=O)[O-])CCS(=O)(=O)c1ccc2ccccc2c1[N+](=O)[O-]. The van der Waals surface area contributed by atoms with Crippen LogP contribution < -0.4 is 10.6 Å². The Bertz CT molecular complexity index is 2320. The Hall–Kier alpha value is -4.37. The molecule has 0 amide bonds. The summed E-state index contributed by atoms with van der Waals surface area (Å²) in [4.78, 5) is 35.3. The van der Waals surface area contributed by atoms with Gasteiger partial charge in [-0.2, -0.15) is 0 Å². The maximum absolute atomic E-state index is 14.1. The maximum Gasteiger partial charge on any atom is 0.295 e. The molecule has 0 spiro atoms. The van der Waals surface area contributed by atoms with Crippen molar-refractivity contribution in [3.63, 3.8) is 0 Å². The molecule has 0 radical (unpaired) electrons. The van der Waals surface area contributed by atoms with Gasteiger partial charge in [-0.3, -0.25) is 30.2 Å². The molecule has 10 nitrogen and oxygen atoms in total. The topological polar surface area (TPSA) is 146 Å². The molecule has 0 bridgehead atoms. The summed E-state index contributed by atoms with van der Waals surface area (Å²) in [5.74, 6) is -0.305. The van der Waals surface area contributed by atoms with Crippen LogP contribution in [0, 0.1) is 34.1 Å². The van der Waals surface area contributed by atoms with Crippen molar-refractivity contribution >= 4 is 84.1 Å². The van der Waals surface area contributed by atoms with Gasteiger partial charge in [-0.15, -0.1) is 22.7 Å². The molecule has 0 saturated heterocycles. The van der Waals surface area contributed by atoms with Gasteiger partial charge in [0.1, 0.15) is 4.90 Å². The summed E-state index contributed by atoms with van der Waals surface area (Å²) >= 11 is 3.15.